The lowest BCUT2D eigenvalue weighted by Crippen LogP contribution is -3.14. The van der Waals surface area contributed by atoms with E-state index in [4.69, 9.17) is 0 Å². The largest absolute Gasteiger partial charge is 0.337 e. The van der Waals surface area contributed by atoms with Gasteiger partial charge in [0.2, 0.25) is 0 Å². The first-order chi connectivity index (χ1) is 14.9. The minimum Gasteiger partial charge on any atom is -0.337 e. The first kappa shape index (κ1) is 19.5. The van der Waals surface area contributed by atoms with E-state index < -0.39 is 0 Å². The number of piperidine rings is 1. The third-order valence-electron chi connectivity index (χ3n) is 7.28. The van der Waals surface area contributed by atoms with Crippen molar-refractivity contribution in [1.29, 1.82) is 0 Å². The van der Waals surface area contributed by atoms with Gasteiger partial charge in [-0.25, -0.2) is 0 Å². The Morgan fingerprint density at radius 3 is 2.37 bits per heavy atom. The van der Waals surface area contributed by atoms with E-state index in [1.54, 1.807) is 16.0 Å². The van der Waals surface area contributed by atoms with Crippen LogP contribution in [0.15, 0.2) is 84.9 Å². The van der Waals surface area contributed by atoms with Crippen LogP contribution >= 0.6 is 0 Å². The third kappa shape index (κ3) is 4.35. The Morgan fingerprint density at radius 2 is 1.53 bits per heavy atom. The first-order valence-electron chi connectivity index (χ1n) is 11.7. The fraction of sp³-hybridized carbons (Fsp3) is 0.357. The van der Waals surface area contributed by atoms with Crippen LogP contribution in [0.4, 0.5) is 0 Å². The summed E-state index contributed by atoms with van der Waals surface area (Å²) in [6.07, 6.45) is 5.19. The van der Waals surface area contributed by atoms with E-state index in [9.17, 15) is 0 Å². The van der Waals surface area contributed by atoms with Gasteiger partial charge in [-0.15, -0.1) is 0 Å². The van der Waals surface area contributed by atoms with Gasteiger partial charge in [-0.1, -0.05) is 84.9 Å². The second kappa shape index (κ2) is 9.16. The normalized spacial score (nSPS) is 26.1. The van der Waals surface area contributed by atoms with Crippen LogP contribution < -0.4 is 10.2 Å². The molecule has 5 rings (SSSR count). The summed E-state index contributed by atoms with van der Waals surface area (Å²) in [5.41, 5.74) is 6.15. The van der Waals surface area contributed by atoms with Gasteiger partial charge in [0, 0.05) is 24.0 Å². The number of nitrogens with two attached hydrogens (primary N) is 1. The van der Waals surface area contributed by atoms with Crippen molar-refractivity contribution in [2.75, 3.05) is 13.1 Å². The second-order valence-corrected chi connectivity index (χ2v) is 9.23. The summed E-state index contributed by atoms with van der Waals surface area (Å²) in [6.45, 7) is 3.64. The molecule has 1 aliphatic carbocycles. The molecule has 0 radical (unpaired) electrons. The maximum atomic E-state index is 2.74. The number of fused-ring (bicyclic) bond motifs is 1. The third-order valence-corrected chi connectivity index (χ3v) is 7.28. The molecule has 1 saturated heterocycles. The predicted octanol–water partition coefficient (Wildman–Crippen LogP) is 3.27. The number of likely N-dealkylation sites (tertiary alicyclic amines) is 1. The van der Waals surface area contributed by atoms with Crippen LogP contribution in [-0.2, 0) is 13.0 Å². The number of benzene rings is 3. The Morgan fingerprint density at radius 1 is 0.800 bits per heavy atom. The van der Waals surface area contributed by atoms with Crippen molar-refractivity contribution in [3.63, 3.8) is 0 Å². The average Bonchev–Trinajstić information content (AvgIpc) is 2.81. The Hall–Kier alpha value is -2.42. The molecule has 2 aliphatic rings. The van der Waals surface area contributed by atoms with E-state index in [2.05, 4.69) is 90.2 Å². The fourth-order valence-corrected chi connectivity index (χ4v) is 5.77. The molecule has 1 fully saturated rings. The van der Waals surface area contributed by atoms with E-state index in [0.29, 0.717) is 18.0 Å². The highest BCUT2D eigenvalue weighted by atomic mass is 15.2. The van der Waals surface area contributed by atoms with Gasteiger partial charge < -0.3 is 10.2 Å². The van der Waals surface area contributed by atoms with Crippen molar-refractivity contribution < 1.29 is 10.2 Å². The summed E-state index contributed by atoms with van der Waals surface area (Å²) in [7, 11) is 0. The molecule has 2 nitrogen and oxygen atoms in total. The number of nitrogens with one attached hydrogen (secondary N) is 1. The molecule has 3 N–H and O–H groups in total. The lowest BCUT2D eigenvalue weighted by Gasteiger charge is -2.37. The lowest BCUT2D eigenvalue weighted by molar-refractivity contribution is -0.929. The van der Waals surface area contributed by atoms with Crippen LogP contribution in [0.1, 0.15) is 53.5 Å². The van der Waals surface area contributed by atoms with Crippen LogP contribution in [0.25, 0.3) is 0 Å². The van der Waals surface area contributed by atoms with E-state index in [0.717, 1.165) is 6.54 Å². The van der Waals surface area contributed by atoms with Crippen molar-refractivity contribution in [1.82, 2.24) is 0 Å². The molecule has 1 heterocycles. The number of aryl methyl sites for hydroxylation is 1. The van der Waals surface area contributed by atoms with Gasteiger partial charge in [0.1, 0.15) is 18.6 Å². The van der Waals surface area contributed by atoms with Crippen LogP contribution in [0.3, 0.4) is 0 Å². The number of rotatable bonds is 5. The van der Waals surface area contributed by atoms with Crippen LogP contribution in [-0.4, -0.2) is 19.1 Å². The molecule has 0 amide bonds. The minimum absolute atomic E-state index is 0.618. The standard InChI is InChI=1S/C28H32N2/c1-3-10-22(11-4-1)20-30-19-18-28(26(21-30)24-12-5-2-6-13-24)29-27-17-9-15-23-14-7-8-16-25(23)27/h1-8,10-14,16,26-29H,9,15,17-21H2/p+2/t26-,27+,28-/m0/s1. The number of hydrogen-bond acceptors (Lipinski definition) is 0. The first-order valence-corrected chi connectivity index (χ1v) is 11.7. The highest BCUT2D eigenvalue weighted by Crippen LogP contribution is 2.28. The second-order valence-electron chi connectivity index (χ2n) is 9.23. The lowest BCUT2D eigenvalue weighted by atomic mass is 9.82. The summed E-state index contributed by atoms with van der Waals surface area (Å²) in [5, 5.41) is 2.74. The van der Waals surface area contributed by atoms with E-state index >= 15 is 0 Å². The van der Waals surface area contributed by atoms with Crippen molar-refractivity contribution in [2.24, 2.45) is 0 Å². The van der Waals surface area contributed by atoms with Gasteiger partial charge in [-0.3, -0.25) is 0 Å². The fourth-order valence-electron chi connectivity index (χ4n) is 5.77. The molecule has 0 spiro atoms. The summed E-state index contributed by atoms with van der Waals surface area (Å²) < 4.78 is 0. The molecule has 2 heteroatoms. The average molecular weight is 399 g/mol. The Kier molecular flexibility index (Phi) is 5.96. The molecular formula is C28H34N2+2. The summed E-state index contributed by atoms with van der Waals surface area (Å²) in [5.74, 6) is 0.618. The SMILES string of the molecule is c1ccc(C[NH+]2CC[C@H]([NH2+][C@@H]3CCCc4ccccc43)[C@H](c3ccccc3)C2)cc1. The maximum Gasteiger partial charge on any atom is 0.112 e. The highest BCUT2D eigenvalue weighted by Gasteiger charge is 2.38. The number of quaternary nitrogens is 2. The molecule has 3 aromatic rings. The molecule has 1 unspecified atom stereocenters. The van der Waals surface area contributed by atoms with Crippen molar-refractivity contribution >= 4 is 0 Å². The molecule has 0 saturated carbocycles. The van der Waals surface area contributed by atoms with Gasteiger partial charge in [0.25, 0.3) is 0 Å². The number of hydrogen-bond donors (Lipinski definition) is 2. The molecule has 1 aliphatic heterocycles. The summed E-state index contributed by atoms with van der Waals surface area (Å²) in [4.78, 5) is 1.73. The Bertz CT molecular complexity index is 937. The minimum atomic E-state index is 0.618. The summed E-state index contributed by atoms with van der Waals surface area (Å²) in [6, 6.07) is 32.8. The molecule has 0 aromatic heterocycles. The molecular weight excluding hydrogens is 364 g/mol. The van der Waals surface area contributed by atoms with Crippen LogP contribution in [0.5, 0.6) is 0 Å². The zero-order valence-electron chi connectivity index (χ0n) is 17.8. The van der Waals surface area contributed by atoms with Crippen LogP contribution in [0, 0.1) is 0 Å². The smallest absolute Gasteiger partial charge is 0.112 e. The van der Waals surface area contributed by atoms with Crippen molar-refractivity contribution in [2.45, 2.75) is 50.2 Å². The van der Waals surface area contributed by atoms with E-state index in [1.807, 2.05) is 0 Å². The van der Waals surface area contributed by atoms with Gasteiger partial charge in [0.15, 0.2) is 0 Å². The molecule has 3 aromatic carbocycles. The monoisotopic (exact) mass is 398 g/mol. The molecule has 0 bridgehead atoms. The predicted molar refractivity (Wildman–Crippen MR) is 122 cm³/mol. The van der Waals surface area contributed by atoms with Gasteiger partial charge in [-0.05, 0) is 24.0 Å². The zero-order valence-corrected chi connectivity index (χ0v) is 17.8. The summed E-state index contributed by atoms with van der Waals surface area (Å²) >= 11 is 0. The molecule has 4 atom stereocenters. The highest BCUT2D eigenvalue weighted by molar-refractivity contribution is 5.31. The van der Waals surface area contributed by atoms with E-state index in [-0.39, 0.29) is 0 Å². The Labute approximate surface area is 180 Å². The maximum absolute atomic E-state index is 2.74. The molecule has 154 valence electrons. The molecule has 30 heavy (non-hydrogen) atoms. The quantitative estimate of drug-likeness (QED) is 0.658. The Balaban J connectivity index is 1.35. The van der Waals surface area contributed by atoms with Crippen molar-refractivity contribution in [3.05, 3.63) is 107 Å². The topological polar surface area (TPSA) is 21.1 Å². The van der Waals surface area contributed by atoms with Crippen molar-refractivity contribution in [3.8, 4) is 0 Å². The van der Waals surface area contributed by atoms with Crippen LogP contribution in [0.2, 0.25) is 0 Å². The van der Waals surface area contributed by atoms with Gasteiger partial charge in [-0.2, -0.15) is 0 Å². The zero-order chi connectivity index (χ0) is 20.2. The van der Waals surface area contributed by atoms with Gasteiger partial charge in [0.05, 0.1) is 19.0 Å². The van der Waals surface area contributed by atoms with Gasteiger partial charge >= 0.3 is 0 Å². The van der Waals surface area contributed by atoms with E-state index in [1.165, 1.54) is 49.9 Å².